The molecule has 1 amide bonds. The SMILES string of the molecule is O=C(OCC1c2ccccc2-c2ccccc21)N1C2C=C(Cc3cc(F)c(F)c(F)c3)CC1CCC2. The van der Waals surface area contributed by atoms with Gasteiger partial charge in [-0.05, 0) is 72.1 Å². The molecule has 6 rings (SSSR count). The molecule has 1 aliphatic carbocycles. The average Bonchev–Trinajstić information content (AvgIpc) is 3.19. The van der Waals surface area contributed by atoms with Crippen LogP contribution < -0.4 is 0 Å². The Morgan fingerprint density at radius 2 is 1.56 bits per heavy atom. The molecule has 2 atom stereocenters. The Bertz CT molecular complexity index is 1300. The number of carbonyl (C=O) groups excluding carboxylic acids is 1. The number of hydrogen-bond donors (Lipinski definition) is 0. The fraction of sp³-hybridized carbons (Fsp3) is 0.300. The van der Waals surface area contributed by atoms with Crippen molar-refractivity contribution < 1.29 is 22.7 Å². The maximum Gasteiger partial charge on any atom is 0.410 e. The second-order valence-corrected chi connectivity index (χ2v) is 9.94. The Morgan fingerprint density at radius 3 is 2.19 bits per heavy atom. The lowest BCUT2D eigenvalue weighted by atomic mass is 9.83. The predicted octanol–water partition coefficient (Wildman–Crippen LogP) is 7.15. The van der Waals surface area contributed by atoms with Crippen molar-refractivity contribution in [3.63, 3.8) is 0 Å². The smallest absolute Gasteiger partial charge is 0.410 e. The van der Waals surface area contributed by atoms with Crippen LogP contribution in [0.4, 0.5) is 18.0 Å². The molecule has 2 heterocycles. The van der Waals surface area contributed by atoms with Gasteiger partial charge in [0.05, 0.1) is 6.04 Å². The quantitative estimate of drug-likeness (QED) is 0.288. The molecule has 0 N–H and O–H groups in total. The topological polar surface area (TPSA) is 29.5 Å². The minimum atomic E-state index is -1.45. The van der Waals surface area contributed by atoms with E-state index in [2.05, 4.69) is 24.3 Å². The molecule has 6 heteroatoms. The van der Waals surface area contributed by atoms with Gasteiger partial charge >= 0.3 is 6.09 Å². The molecule has 2 unspecified atom stereocenters. The first-order valence-electron chi connectivity index (χ1n) is 12.5. The summed E-state index contributed by atoms with van der Waals surface area (Å²) in [6.45, 7) is 0.271. The summed E-state index contributed by atoms with van der Waals surface area (Å²) in [4.78, 5) is 15.2. The molecule has 184 valence electrons. The van der Waals surface area contributed by atoms with Crippen LogP contribution in [0.25, 0.3) is 11.1 Å². The van der Waals surface area contributed by atoms with Crippen LogP contribution in [0.3, 0.4) is 0 Å². The Morgan fingerprint density at radius 1 is 0.917 bits per heavy atom. The van der Waals surface area contributed by atoms with Crippen molar-refractivity contribution in [1.82, 2.24) is 4.90 Å². The lowest BCUT2D eigenvalue weighted by molar-refractivity contribution is 0.0509. The molecule has 2 aliphatic heterocycles. The van der Waals surface area contributed by atoms with Crippen molar-refractivity contribution in [2.45, 2.75) is 50.1 Å². The highest BCUT2D eigenvalue weighted by molar-refractivity contribution is 5.79. The van der Waals surface area contributed by atoms with E-state index in [1.54, 1.807) is 0 Å². The van der Waals surface area contributed by atoms with E-state index in [4.69, 9.17) is 4.74 Å². The molecule has 0 spiro atoms. The highest BCUT2D eigenvalue weighted by atomic mass is 19.2. The minimum Gasteiger partial charge on any atom is -0.448 e. The van der Waals surface area contributed by atoms with Crippen LogP contribution in [0.2, 0.25) is 0 Å². The number of piperidine rings is 1. The van der Waals surface area contributed by atoms with Crippen LogP contribution in [0.1, 0.15) is 48.3 Å². The van der Waals surface area contributed by atoms with Crippen molar-refractivity contribution in [1.29, 1.82) is 0 Å². The van der Waals surface area contributed by atoms with Gasteiger partial charge in [0.15, 0.2) is 17.5 Å². The summed E-state index contributed by atoms with van der Waals surface area (Å²) in [6, 6.07) is 18.5. The average molecular weight is 490 g/mol. The molecular formula is C30H26F3NO2. The van der Waals surface area contributed by atoms with Crippen LogP contribution in [0, 0.1) is 17.5 Å². The van der Waals surface area contributed by atoms with Gasteiger partial charge in [-0.3, -0.25) is 4.90 Å². The highest BCUT2D eigenvalue weighted by Gasteiger charge is 2.39. The molecule has 1 saturated heterocycles. The number of halogens is 3. The molecule has 3 aromatic rings. The molecule has 2 bridgehead atoms. The first-order chi connectivity index (χ1) is 17.5. The zero-order chi connectivity index (χ0) is 24.8. The summed E-state index contributed by atoms with van der Waals surface area (Å²) < 4.78 is 46.6. The molecule has 3 nitrogen and oxygen atoms in total. The van der Waals surface area contributed by atoms with E-state index in [1.165, 1.54) is 22.3 Å². The fourth-order valence-electron chi connectivity index (χ4n) is 6.17. The van der Waals surface area contributed by atoms with Crippen molar-refractivity contribution in [3.05, 3.63) is 106 Å². The summed E-state index contributed by atoms with van der Waals surface area (Å²) in [5.74, 6) is -3.81. The lowest BCUT2D eigenvalue weighted by Crippen LogP contribution is -2.52. The Hall–Kier alpha value is -3.54. The van der Waals surface area contributed by atoms with Crippen molar-refractivity contribution in [2.24, 2.45) is 0 Å². The van der Waals surface area contributed by atoms with Gasteiger partial charge in [-0.25, -0.2) is 18.0 Å². The summed E-state index contributed by atoms with van der Waals surface area (Å²) >= 11 is 0. The van der Waals surface area contributed by atoms with Crippen molar-refractivity contribution in [3.8, 4) is 11.1 Å². The maximum absolute atomic E-state index is 13.7. The van der Waals surface area contributed by atoms with Gasteiger partial charge in [-0.2, -0.15) is 0 Å². The van der Waals surface area contributed by atoms with E-state index in [0.717, 1.165) is 37.0 Å². The van der Waals surface area contributed by atoms with E-state index in [9.17, 15) is 18.0 Å². The Balaban J connectivity index is 1.18. The second kappa shape index (κ2) is 9.16. The summed E-state index contributed by atoms with van der Waals surface area (Å²) in [6.07, 6.45) is 5.32. The number of carbonyl (C=O) groups is 1. The van der Waals surface area contributed by atoms with Crippen LogP contribution >= 0.6 is 0 Å². The highest BCUT2D eigenvalue weighted by Crippen LogP contribution is 2.45. The van der Waals surface area contributed by atoms with Gasteiger partial charge in [0.1, 0.15) is 6.61 Å². The predicted molar refractivity (Wildman–Crippen MR) is 131 cm³/mol. The number of benzene rings is 3. The largest absolute Gasteiger partial charge is 0.448 e. The molecule has 3 aliphatic rings. The molecule has 0 saturated carbocycles. The monoisotopic (exact) mass is 489 g/mol. The van der Waals surface area contributed by atoms with E-state index in [1.807, 2.05) is 35.2 Å². The van der Waals surface area contributed by atoms with Gasteiger partial charge in [0.2, 0.25) is 0 Å². The maximum atomic E-state index is 13.7. The minimum absolute atomic E-state index is 0.000327. The number of amides is 1. The molecule has 36 heavy (non-hydrogen) atoms. The Labute approximate surface area is 208 Å². The van der Waals surface area contributed by atoms with Crippen LogP contribution in [0.15, 0.2) is 72.3 Å². The third-order valence-electron chi connectivity index (χ3n) is 7.74. The van der Waals surface area contributed by atoms with Gasteiger partial charge in [-0.15, -0.1) is 0 Å². The van der Waals surface area contributed by atoms with Crippen LogP contribution in [-0.2, 0) is 11.2 Å². The summed E-state index contributed by atoms with van der Waals surface area (Å²) in [7, 11) is 0. The van der Waals surface area contributed by atoms with Gasteiger partial charge in [0.25, 0.3) is 0 Å². The zero-order valence-electron chi connectivity index (χ0n) is 19.7. The third-order valence-corrected chi connectivity index (χ3v) is 7.74. The number of ether oxygens (including phenoxy) is 1. The second-order valence-electron chi connectivity index (χ2n) is 9.94. The summed E-state index contributed by atoms with van der Waals surface area (Å²) in [5.41, 5.74) is 6.12. The number of hydrogen-bond acceptors (Lipinski definition) is 2. The fourth-order valence-corrected chi connectivity index (χ4v) is 6.17. The van der Waals surface area contributed by atoms with E-state index in [0.29, 0.717) is 18.4 Å². The standard InChI is InChI=1S/C30H26F3NO2/c31-27-15-19(16-28(32)29(27)33)12-18-13-20-6-5-7-21(14-18)34(20)30(35)36-17-26-24-10-3-1-8-22(24)23-9-2-4-11-25(23)26/h1-4,8-11,13,15-16,20-21,26H,5-7,12,14,17H2. The molecular weight excluding hydrogens is 463 g/mol. The molecule has 0 aromatic heterocycles. The number of nitrogens with zero attached hydrogens (tertiary/aromatic N) is 1. The van der Waals surface area contributed by atoms with Crippen LogP contribution in [0.5, 0.6) is 0 Å². The number of fused-ring (bicyclic) bond motifs is 5. The van der Waals surface area contributed by atoms with Gasteiger partial charge in [-0.1, -0.05) is 60.2 Å². The molecule has 1 fully saturated rings. The van der Waals surface area contributed by atoms with E-state index < -0.39 is 17.5 Å². The molecule has 0 radical (unpaired) electrons. The number of rotatable bonds is 4. The lowest BCUT2D eigenvalue weighted by Gasteiger charge is -2.44. The van der Waals surface area contributed by atoms with Crippen molar-refractivity contribution in [2.75, 3.05) is 6.61 Å². The normalized spacial score (nSPS) is 20.5. The van der Waals surface area contributed by atoms with E-state index >= 15 is 0 Å². The van der Waals surface area contributed by atoms with Gasteiger partial charge < -0.3 is 4.74 Å². The summed E-state index contributed by atoms with van der Waals surface area (Å²) in [5, 5.41) is 0. The zero-order valence-corrected chi connectivity index (χ0v) is 19.7. The van der Waals surface area contributed by atoms with Crippen LogP contribution in [-0.4, -0.2) is 29.7 Å². The Kier molecular flexibility index (Phi) is 5.82. The van der Waals surface area contributed by atoms with E-state index in [-0.39, 0.29) is 30.7 Å². The van der Waals surface area contributed by atoms with Gasteiger partial charge in [0, 0.05) is 12.0 Å². The molecule has 3 aromatic carbocycles. The van der Waals surface area contributed by atoms with Crippen molar-refractivity contribution >= 4 is 6.09 Å². The first-order valence-corrected chi connectivity index (χ1v) is 12.5. The first kappa shape index (κ1) is 22.9. The third kappa shape index (κ3) is 3.98.